The van der Waals surface area contributed by atoms with Crippen molar-refractivity contribution in [3.8, 4) is 28.4 Å². The number of methoxy groups -OCH3 is 1. The van der Waals surface area contributed by atoms with Crippen molar-refractivity contribution in [2.24, 2.45) is 0 Å². The molecule has 41 heavy (non-hydrogen) atoms. The average Bonchev–Trinajstić information content (AvgIpc) is 2.91. The third kappa shape index (κ3) is 6.22. The van der Waals surface area contributed by atoms with E-state index in [1.54, 1.807) is 36.2 Å². The highest BCUT2D eigenvalue weighted by Crippen LogP contribution is 2.45. The number of fused-ring (bicyclic) bond motifs is 1. The van der Waals surface area contributed by atoms with Crippen LogP contribution in [0.25, 0.3) is 11.1 Å². The number of esters is 1. The fourth-order valence-electron chi connectivity index (χ4n) is 4.80. The van der Waals surface area contributed by atoms with E-state index < -0.39 is 29.7 Å². The predicted octanol–water partition coefficient (Wildman–Crippen LogP) is 5.20. The Kier molecular flexibility index (Phi) is 8.44. The molecule has 0 aromatic heterocycles. The Labute approximate surface area is 238 Å². The molecule has 0 fully saturated rings. The van der Waals surface area contributed by atoms with E-state index in [1.807, 2.05) is 32.9 Å². The molecule has 1 aliphatic heterocycles. The minimum atomic E-state index is -1.21. The molecule has 1 heterocycles. The van der Waals surface area contributed by atoms with Gasteiger partial charge >= 0.3 is 5.97 Å². The largest absolute Gasteiger partial charge is 0.496 e. The van der Waals surface area contributed by atoms with Gasteiger partial charge in [-0.1, -0.05) is 12.1 Å². The Morgan fingerprint density at radius 2 is 1.80 bits per heavy atom. The number of rotatable bonds is 9. The van der Waals surface area contributed by atoms with Gasteiger partial charge < -0.3 is 34.3 Å². The number of aliphatic hydroxyl groups excluding tert-OH is 1. The molecule has 0 aliphatic carbocycles. The number of ether oxygens (including phenoxy) is 4. The number of carbonyl (C=O) groups is 2. The Morgan fingerprint density at radius 1 is 1.10 bits per heavy atom. The number of halogens is 1. The van der Waals surface area contributed by atoms with Gasteiger partial charge in [0.05, 0.1) is 18.5 Å². The fraction of sp³-hybridized carbons (Fsp3) is 0.355. The molecular formula is C31H35FN2O7. The lowest BCUT2D eigenvalue weighted by molar-refractivity contribution is -0.175. The van der Waals surface area contributed by atoms with Gasteiger partial charge in [-0.05, 0) is 63.1 Å². The van der Waals surface area contributed by atoms with Gasteiger partial charge in [-0.3, -0.25) is 9.59 Å². The van der Waals surface area contributed by atoms with Crippen LogP contribution in [0, 0.1) is 12.7 Å². The standard InChI is InChI=1S/C31H35FN2O7/c1-17-8-9-20(32)14-26(17)39-16-24-22(12-13-25-28(24)34(6)30(37)31(4,5)33-25)23-11-10-21(15-27(23)38-7)41-29(18(2)35)40-19(3)36/h8-15,18,29,33,35H,16H2,1-7H3. The van der Waals surface area contributed by atoms with Gasteiger partial charge in [0.2, 0.25) is 0 Å². The van der Waals surface area contributed by atoms with Crippen LogP contribution in [0.5, 0.6) is 17.2 Å². The summed E-state index contributed by atoms with van der Waals surface area (Å²) in [7, 11) is 3.22. The highest BCUT2D eigenvalue weighted by Gasteiger charge is 2.39. The molecule has 0 spiro atoms. The fourth-order valence-corrected chi connectivity index (χ4v) is 4.80. The zero-order chi connectivity index (χ0) is 30.1. The normalized spacial score (nSPS) is 15.3. The second-order valence-corrected chi connectivity index (χ2v) is 10.5. The maximum absolute atomic E-state index is 14.0. The number of aryl methyl sites for hydroxylation is 1. The van der Waals surface area contributed by atoms with Crippen LogP contribution in [-0.4, -0.2) is 49.1 Å². The summed E-state index contributed by atoms with van der Waals surface area (Å²) in [6, 6.07) is 13.2. The minimum Gasteiger partial charge on any atom is -0.496 e. The smallest absolute Gasteiger partial charge is 0.305 e. The maximum Gasteiger partial charge on any atom is 0.305 e. The van der Waals surface area contributed by atoms with Crippen LogP contribution in [0.2, 0.25) is 0 Å². The molecule has 0 saturated heterocycles. The Balaban J connectivity index is 1.81. The summed E-state index contributed by atoms with van der Waals surface area (Å²) in [5.41, 5.74) is 3.39. The van der Waals surface area contributed by atoms with E-state index >= 15 is 0 Å². The first-order valence-electron chi connectivity index (χ1n) is 13.1. The van der Waals surface area contributed by atoms with Gasteiger partial charge in [0.15, 0.2) is 0 Å². The quantitative estimate of drug-likeness (QED) is 0.269. The number of anilines is 2. The molecule has 2 unspecified atom stereocenters. The molecular weight excluding hydrogens is 531 g/mol. The summed E-state index contributed by atoms with van der Waals surface area (Å²) < 4.78 is 36.7. The summed E-state index contributed by atoms with van der Waals surface area (Å²) in [6.07, 6.45) is -2.29. The van der Waals surface area contributed by atoms with Crippen LogP contribution < -0.4 is 24.4 Å². The van der Waals surface area contributed by atoms with Gasteiger partial charge in [-0.2, -0.15) is 0 Å². The van der Waals surface area contributed by atoms with Gasteiger partial charge in [-0.15, -0.1) is 0 Å². The number of hydrogen-bond donors (Lipinski definition) is 2. The van der Waals surface area contributed by atoms with Crippen molar-refractivity contribution < 1.29 is 38.0 Å². The number of carbonyl (C=O) groups excluding carboxylic acids is 2. The first-order chi connectivity index (χ1) is 19.3. The molecule has 4 rings (SSSR count). The molecule has 2 atom stereocenters. The summed E-state index contributed by atoms with van der Waals surface area (Å²) in [5, 5.41) is 13.3. The third-order valence-corrected chi connectivity index (χ3v) is 6.82. The van der Waals surface area contributed by atoms with Crippen LogP contribution in [0.4, 0.5) is 15.8 Å². The first kappa shape index (κ1) is 29.7. The molecule has 2 N–H and O–H groups in total. The summed E-state index contributed by atoms with van der Waals surface area (Å²) in [6.45, 7) is 8.16. The second-order valence-electron chi connectivity index (χ2n) is 10.5. The van der Waals surface area contributed by atoms with E-state index in [4.69, 9.17) is 18.9 Å². The molecule has 1 aliphatic rings. The summed E-state index contributed by atoms with van der Waals surface area (Å²) in [5.74, 6) is -0.0246. The first-order valence-corrected chi connectivity index (χ1v) is 13.1. The average molecular weight is 567 g/mol. The van der Waals surface area contributed by atoms with Gasteiger partial charge in [0, 0.05) is 37.2 Å². The lowest BCUT2D eigenvalue weighted by Crippen LogP contribution is -2.52. The molecule has 0 saturated carbocycles. The minimum absolute atomic E-state index is 0.0283. The van der Waals surface area contributed by atoms with Crippen LogP contribution in [0.1, 0.15) is 38.8 Å². The number of hydrogen-bond acceptors (Lipinski definition) is 8. The predicted molar refractivity (Wildman–Crippen MR) is 153 cm³/mol. The second kappa shape index (κ2) is 11.7. The van der Waals surface area contributed by atoms with Gasteiger partial charge in [-0.25, -0.2) is 4.39 Å². The number of aliphatic hydroxyl groups is 1. The number of nitrogens with zero attached hydrogens (tertiary/aromatic N) is 1. The molecule has 3 aromatic rings. The lowest BCUT2D eigenvalue weighted by atomic mass is 9.91. The highest BCUT2D eigenvalue weighted by atomic mass is 19.1. The van der Waals surface area contributed by atoms with E-state index in [-0.39, 0.29) is 12.5 Å². The highest BCUT2D eigenvalue weighted by molar-refractivity contribution is 6.08. The zero-order valence-corrected chi connectivity index (χ0v) is 24.2. The SMILES string of the molecule is COc1cc(OC(OC(C)=O)C(C)O)ccc1-c1ccc2c(c1COc1cc(F)ccc1C)N(C)C(=O)C(C)(C)N2. The van der Waals surface area contributed by atoms with Crippen LogP contribution in [-0.2, 0) is 20.9 Å². The monoisotopic (exact) mass is 566 g/mol. The number of likely N-dealkylation sites (N-methyl/N-ethyl adjacent to an activating group) is 1. The van der Waals surface area contributed by atoms with Crippen LogP contribution in [0.15, 0.2) is 48.5 Å². The summed E-state index contributed by atoms with van der Waals surface area (Å²) >= 11 is 0. The Morgan fingerprint density at radius 3 is 2.46 bits per heavy atom. The van der Waals surface area contributed by atoms with Gasteiger partial charge in [0.1, 0.15) is 41.3 Å². The third-order valence-electron chi connectivity index (χ3n) is 6.82. The molecule has 0 bridgehead atoms. The van der Waals surface area contributed by atoms with Crippen LogP contribution in [0.3, 0.4) is 0 Å². The van der Waals surface area contributed by atoms with E-state index in [1.165, 1.54) is 33.1 Å². The van der Waals surface area contributed by atoms with Crippen LogP contribution >= 0.6 is 0 Å². The molecule has 0 radical (unpaired) electrons. The number of benzene rings is 3. The lowest BCUT2D eigenvalue weighted by Gasteiger charge is -2.39. The van der Waals surface area contributed by atoms with Crippen molar-refractivity contribution in [1.82, 2.24) is 0 Å². The van der Waals surface area contributed by atoms with Gasteiger partial charge in [0.25, 0.3) is 12.2 Å². The number of amides is 1. The van der Waals surface area contributed by atoms with E-state index in [0.717, 1.165) is 16.8 Å². The van der Waals surface area contributed by atoms with E-state index in [2.05, 4.69) is 5.32 Å². The van der Waals surface area contributed by atoms with E-state index in [9.17, 15) is 19.1 Å². The van der Waals surface area contributed by atoms with E-state index in [0.29, 0.717) is 34.1 Å². The summed E-state index contributed by atoms with van der Waals surface area (Å²) in [4.78, 5) is 26.3. The zero-order valence-electron chi connectivity index (χ0n) is 24.2. The molecule has 1 amide bonds. The number of nitrogens with one attached hydrogen (secondary N) is 1. The maximum atomic E-state index is 14.0. The Hall–Kier alpha value is -4.31. The Bertz CT molecular complexity index is 1470. The van der Waals surface area contributed by atoms with Crippen molar-refractivity contribution >= 4 is 23.3 Å². The van der Waals surface area contributed by atoms with Crippen molar-refractivity contribution in [3.05, 3.63) is 65.5 Å². The van der Waals surface area contributed by atoms with Crippen molar-refractivity contribution in [2.75, 3.05) is 24.4 Å². The molecule has 218 valence electrons. The van der Waals surface area contributed by atoms with Crippen molar-refractivity contribution in [2.45, 2.75) is 59.2 Å². The van der Waals surface area contributed by atoms with Crippen molar-refractivity contribution in [3.63, 3.8) is 0 Å². The molecule has 3 aromatic carbocycles. The topological polar surface area (TPSA) is 107 Å². The molecule has 9 nitrogen and oxygen atoms in total. The van der Waals surface area contributed by atoms with Crippen molar-refractivity contribution in [1.29, 1.82) is 0 Å². The molecule has 10 heteroatoms.